The zero-order valence-electron chi connectivity index (χ0n) is 15.0. The summed E-state index contributed by atoms with van der Waals surface area (Å²) >= 11 is 0. The van der Waals surface area contributed by atoms with Crippen molar-refractivity contribution in [1.29, 1.82) is 0 Å². The highest BCUT2D eigenvalue weighted by Crippen LogP contribution is 2.26. The van der Waals surface area contributed by atoms with E-state index in [1.807, 2.05) is 13.0 Å². The number of esters is 1. The quantitative estimate of drug-likeness (QED) is 0.677. The summed E-state index contributed by atoms with van der Waals surface area (Å²) in [4.78, 5) is 35.2. The number of rotatable bonds is 9. The SMILES string of the molecule is CCOc1ccccc1OCC(=O)OCC(=O)NC(=O)Cc1ccccc1. The molecule has 2 aromatic rings. The largest absolute Gasteiger partial charge is 0.490 e. The van der Waals surface area contributed by atoms with Gasteiger partial charge in [0.25, 0.3) is 5.91 Å². The van der Waals surface area contributed by atoms with Gasteiger partial charge in [-0.15, -0.1) is 0 Å². The minimum Gasteiger partial charge on any atom is -0.490 e. The molecule has 0 aromatic heterocycles. The third kappa shape index (κ3) is 7.19. The van der Waals surface area contributed by atoms with Crippen molar-refractivity contribution < 1.29 is 28.6 Å². The maximum absolute atomic E-state index is 11.8. The number of nitrogens with one attached hydrogen (secondary N) is 1. The van der Waals surface area contributed by atoms with Gasteiger partial charge in [-0.3, -0.25) is 14.9 Å². The molecule has 7 heteroatoms. The van der Waals surface area contributed by atoms with E-state index in [0.29, 0.717) is 18.1 Å². The van der Waals surface area contributed by atoms with Crippen molar-refractivity contribution in [3.63, 3.8) is 0 Å². The van der Waals surface area contributed by atoms with Crippen molar-refractivity contribution in [3.05, 3.63) is 60.2 Å². The molecule has 142 valence electrons. The number of hydrogen-bond donors (Lipinski definition) is 1. The Morgan fingerprint density at radius 3 is 2.11 bits per heavy atom. The Morgan fingerprint density at radius 1 is 0.815 bits per heavy atom. The molecule has 0 unspecified atom stereocenters. The molecular formula is C20H21NO6. The molecule has 0 atom stereocenters. The van der Waals surface area contributed by atoms with Crippen LogP contribution in [0, 0.1) is 0 Å². The molecule has 0 saturated carbocycles. The normalized spacial score (nSPS) is 9.96. The molecule has 0 radical (unpaired) electrons. The number of ether oxygens (including phenoxy) is 3. The van der Waals surface area contributed by atoms with Crippen LogP contribution in [0.2, 0.25) is 0 Å². The Morgan fingerprint density at radius 2 is 1.44 bits per heavy atom. The fraction of sp³-hybridized carbons (Fsp3) is 0.250. The average Bonchev–Trinajstić information content (AvgIpc) is 2.66. The maximum atomic E-state index is 11.8. The van der Waals surface area contributed by atoms with E-state index < -0.39 is 24.4 Å². The summed E-state index contributed by atoms with van der Waals surface area (Å²) in [6.07, 6.45) is 0.0673. The second-order valence-corrected chi connectivity index (χ2v) is 5.46. The van der Waals surface area contributed by atoms with Crippen LogP contribution < -0.4 is 14.8 Å². The molecule has 0 heterocycles. The van der Waals surface area contributed by atoms with Gasteiger partial charge < -0.3 is 14.2 Å². The van der Waals surface area contributed by atoms with Gasteiger partial charge >= 0.3 is 5.97 Å². The Balaban J connectivity index is 1.70. The number of benzene rings is 2. The predicted molar refractivity (Wildman–Crippen MR) is 97.4 cm³/mol. The van der Waals surface area contributed by atoms with Gasteiger partial charge in [0.2, 0.25) is 5.91 Å². The summed E-state index contributed by atoms with van der Waals surface area (Å²) in [6, 6.07) is 15.9. The Bertz CT molecular complexity index is 775. The van der Waals surface area contributed by atoms with Crippen molar-refractivity contribution in [2.45, 2.75) is 13.3 Å². The molecule has 0 aliphatic carbocycles. The topological polar surface area (TPSA) is 90.9 Å². The molecule has 2 rings (SSSR count). The molecule has 0 spiro atoms. The summed E-state index contributed by atoms with van der Waals surface area (Å²) < 4.78 is 15.5. The zero-order chi connectivity index (χ0) is 19.5. The van der Waals surface area contributed by atoms with Crippen LogP contribution in [0.1, 0.15) is 12.5 Å². The summed E-state index contributed by atoms with van der Waals surface area (Å²) in [5.41, 5.74) is 0.779. The monoisotopic (exact) mass is 371 g/mol. The standard InChI is InChI=1S/C20H21NO6/c1-2-25-16-10-6-7-11-17(16)26-14-20(24)27-13-19(23)21-18(22)12-15-8-4-3-5-9-15/h3-11H,2,12-14H2,1H3,(H,21,22,23). The Kier molecular flexibility index (Phi) is 7.84. The molecule has 0 fully saturated rings. The number of hydrogen-bond acceptors (Lipinski definition) is 6. The minimum absolute atomic E-state index is 0.0673. The van der Waals surface area contributed by atoms with Crippen molar-refractivity contribution in [2.75, 3.05) is 19.8 Å². The van der Waals surface area contributed by atoms with E-state index in [2.05, 4.69) is 5.32 Å². The fourth-order valence-electron chi connectivity index (χ4n) is 2.19. The zero-order valence-corrected chi connectivity index (χ0v) is 15.0. The van der Waals surface area contributed by atoms with Crippen LogP contribution in [0.5, 0.6) is 11.5 Å². The van der Waals surface area contributed by atoms with Gasteiger partial charge in [0.1, 0.15) is 0 Å². The molecule has 7 nitrogen and oxygen atoms in total. The molecule has 27 heavy (non-hydrogen) atoms. The summed E-state index contributed by atoms with van der Waals surface area (Å²) in [6.45, 7) is 1.36. The summed E-state index contributed by atoms with van der Waals surface area (Å²) in [5.74, 6) is -0.981. The van der Waals surface area contributed by atoms with Gasteiger partial charge in [0.15, 0.2) is 24.7 Å². The second kappa shape index (κ2) is 10.6. The van der Waals surface area contributed by atoms with Gasteiger partial charge in [0, 0.05) is 0 Å². The van der Waals surface area contributed by atoms with Crippen LogP contribution in [-0.4, -0.2) is 37.6 Å². The summed E-state index contributed by atoms with van der Waals surface area (Å²) in [7, 11) is 0. The van der Waals surface area contributed by atoms with Gasteiger partial charge in [-0.2, -0.15) is 0 Å². The van der Waals surface area contributed by atoms with E-state index in [0.717, 1.165) is 5.56 Å². The third-order valence-corrected chi connectivity index (χ3v) is 3.35. The lowest BCUT2D eigenvalue weighted by molar-refractivity contribution is -0.151. The van der Waals surface area contributed by atoms with Gasteiger partial charge in [-0.25, -0.2) is 4.79 Å². The number of carbonyl (C=O) groups is 3. The molecule has 0 aliphatic rings. The Labute approximate surface area is 157 Å². The first-order valence-corrected chi connectivity index (χ1v) is 8.45. The van der Waals surface area contributed by atoms with Crippen LogP contribution >= 0.6 is 0 Å². The first kappa shape index (κ1) is 20.0. The van der Waals surface area contributed by atoms with Crippen LogP contribution in [0.15, 0.2) is 54.6 Å². The van der Waals surface area contributed by atoms with E-state index in [1.54, 1.807) is 48.5 Å². The highest BCUT2D eigenvalue weighted by Gasteiger charge is 2.13. The van der Waals surface area contributed by atoms with Gasteiger partial charge in [-0.1, -0.05) is 42.5 Å². The third-order valence-electron chi connectivity index (χ3n) is 3.35. The van der Waals surface area contributed by atoms with Gasteiger partial charge in [-0.05, 0) is 24.6 Å². The fourth-order valence-corrected chi connectivity index (χ4v) is 2.19. The smallest absolute Gasteiger partial charge is 0.344 e. The number of imide groups is 1. The first-order chi connectivity index (χ1) is 13.1. The number of amides is 2. The molecule has 1 N–H and O–H groups in total. The van der Waals surface area contributed by atoms with Crippen molar-refractivity contribution in [3.8, 4) is 11.5 Å². The van der Waals surface area contributed by atoms with E-state index >= 15 is 0 Å². The van der Waals surface area contributed by atoms with Crippen LogP contribution in [0.25, 0.3) is 0 Å². The lowest BCUT2D eigenvalue weighted by atomic mass is 10.1. The summed E-state index contributed by atoms with van der Waals surface area (Å²) in [5, 5.41) is 2.17. The maximum Gasteiger partial charge on any atom is 0.344 e. The van der Waals surface area contributed by atoms with Crippen LogP contribution in [0.4, 0.5) is 0 Å². The number of carbonyl (C=O) groups excluding carboxylic acids is 3. The van der Waals surface area contributed by atoms with E-state index in [9.17, 15) is 14.4 Å². The minimum atomic E-state index is -0.730. The Hall–Kier alpha value is -3.35. The molecule has 2 amide bonds. The van der Waals surface area contributed by atoms with Crippen LogP contribution in [-0.2, 0) is 25.5 Å². The highest BCUT2D eigenvalue weighted by atomic mass is 16.6. The molecule has 0 aliphatic heterocycles. The van der Waals surface area contributed by atoms with E-state index in [1.165, 1.54) is 0 Å². The lowest BCUT2D eigenvalue weighted by Gasteiger charge is -2.11. The van der Waals surface area contributed by atoms with E-state index in [-0.39, 0.29) is 13.0 Å². The predicted octanol–water partition coefficient (Wildman–Crippen LogP) is 1.89. The number of para-hydroxylation sites is 2. The highest BCUT2D eigenvalue weighted by molar-refractivity contribution is 5.97. The van der Waals surface area contributed by atoms with Crippen molar-refractivity contribution in [2.24, 2.45) is 0 Å². The van der Waals surface area contributed by atoms with Crippen molar-refractivity contribution in [1.82, 2.24) is 5.32 Å². The average molecular weight is 371 g/mol. The second-order valence-electron chi connectivity index (χ2n) is 5.46. The van der Waals surface area contributed by atoms with Crippen molar-refractivity contribution >= 4 is 17.8 Å². The van der Waals surface area contributed by atoms with Crippen LogP contribution in [0.3, 0.4) is 0 Å². The molecular weight excluding hydrogens is 350 g/mol. The van der Waals surface area contributed by atoms with E-state index in [4.69, 9.17) is 14.2 Å². The molecule has 0 saturated heterocycles. The van der Waals surface area contributed by atoms with Gasteiger partial charge in [0.05, 0.1) is 13.0 Å². The lowest BCUT2D eigenvalue weighted by Crippen LogP contribution is -2.35. The first-order valence-electron chi connectivity index (χ1n) is 8.45. The molecule has 2 aromatic carbocycles. The molecule has 0 bridgehead atoms.